The van der Waals surface area contributed by atoms with Crippen molar-refractivity contribution in [1.29, 1.82) is 0 Å². The molecule has 2 rings (SSSR count). The van der Waals surface area contributed by atoms with Crippen LogP contribution in [0.1, 0.15) is 36.5 Å². The Balaban J connectivity index is 2.24. The minimum atomic E-state index is 0.0994. The van der Waals surface area contributed by atoms with E-state index in [1.807, 2.05) is 11.0 Å². The van der Waals surface area contributed by atoms with Crippen LogP contribution in [0.25, 0.3) is 0 Å². The van der Waals surface area contributed by atoms with Crippen molar-refractivity contribution in [2.75, 3.05) is 12.3 Å². The number of nitrogens with two attached hydrogens (primary N) is 1. The summed E-state index contributed by atoms with van der Waals surface area (Å²) in [6.45, 7) is 3.00. The van der Waals surface area contributed by atoms with Crippen LogP contribution in [-0.2, 0) is 0 Å². The molecule has 0 saturated carbocycles. The van der Waals surface area contributed by atoms with Gasteiger partial charge in [-0.3, -0.25) is 4.79 Å². The summed E-state index contributed by atoms with van der Waals surface area (Å²) in [4.78, 5) is 14.3. The molecule has 1 aromatic rings. The van der Waals surface area contributed by atoms with Gasteiger partial charge in [-0.1, -0.05) is 22.9 Å². The highest BCUT2D eigenvalue weighted by atomic mass is 79.9. The fraction of sp³-hybridized carbons (Fsp3) is 0.462. The average Bonchev–Trinajstić information content (AvgIpc) is 2.74. The number of halogens is 1. The van der Waals surface area contributed by atoms with Gasteiger partial charge in [0.2, 0.25) is 0 Å². The number of likely N-dealkylation sites (tertiary alicyclic amines) is 1. The first kappa shape index (κ1) is 12.4. The van der Waals surface area contributed by atoms with E-state index in [9.17, 15) is 4.79 Å². The van der Waals surface area contributed by atoms with Gasteiger partial charge >= 0.3 is 0 Å². The molecule has 2 N–H and O–H groups in total. The Kier molecular flexibility index (Phi) is 3.72. The minimum absolute atomic E-state index is 0.0994. The summed E-state index contributed by atoms with van der Waals surface area (Å²) >= 11 is 3.37. The van der Waals surface area contributed by atoms with Crippen molar-refractivity contribution < 1.29 is 4.79 Å². The summed E-state index contributed by atoms with van der Waals surface area (Å²) in [6.07, 6.45) is 3.24. The van der Waals surface area contributed by atoms with Crippen LogP contribution in [0.3, 0.4) is 0 Å². The molecular weight excluding hydrogens is 280 g/mol. The van der Waals surface area contributed by atoms with E-state index in [1.54, 1.807) is 12.1 Å². The highest BCUT2D eigenvalue weighted by molar-refractivity contribution is 9.10. The van der Waals surface area contributed by atoms with Crippen LogP contribution in [0.5, 0.6) is 0 Å². The largest absolute Gasteiger partial charge is 0.399 e. The number of carbonyl (C=O) groups excluding carboxylic acids is 1. The average molecular weight is 297 g/mol. The number of benzene rings is 1. The van der Waals surface area contributed by atoms with Gasteiger partial charge in [0.15, 0.2) is 0 Å². The predicted octanol–water partition coefficient (Wildman–Crippen LogP) is 3.05. The highest BCUT2D eigenvalue weighted by Crippen LogP contribution is 2.24. The number of rotatable bonds is 2. The topological polar surface area (TPSA) is 46.3 Å². The number of nitrogens with zero attached hydrogens (tertiary/aromatic N) is 1. The number of anilines is 1. The molecule has 1 saturated heterocycles. The van der Waals surface area contributed by atoms with E-state index in [-0.39, 0.29) is 5.91 Å². The molecule has 0 aliphatic carbocycles. The molecule has 0 radical (unpaired) electrons. The van der Waals surface area contributed by atoms with Gasteiger partial charge < -0.3 is 10.6 Å². The van der Waals surface area contributed by atoms with Gasteiger partial charge in [-0.15, -0.1) is 0 Å². The summed E-state index contributed by atoms with van der Waals surface area (Å²) < 4.78 is 0.855. The molecule has 17 heavy (non-hydrogen) atoms. The van der Waals surface area contributed by atoms with Crippen molar-refractivity contribution in [2.45, 2.75) is 32.2 Å². The van der Waals surface area contributed by atoms with Crippen LogP contribution in [-0.4, -0.2) is 23.4 Å². The molecule has 3 nitrogen and oxygen atoms in total. The van der Waals surface area contributed by atoms with Gasteiger partial charge in [0.05, 0.1) is 0 Å². The monoisotopic (exact) mass is 296 g/mol. The lowest BCUT2D eigenvalue weighted by Crippen LogP contribution is -2.35. The number of carbonyl (C=O) groups is 1. The van der Waals surface area contributed by atoms with Gasteiger partial charge in [0.25, 0.3) is 5.91 Å². The van der Waals surface area contributed by atoms with E-state index < -0.39 is 0 Å². The third-order valence-corrected chi connectivity index (χ3v) is 3.73. The Morgan fingerprint density at radius 1 is 1.53 bits per heavy atom. The molecule has 1 aromatic carbocycles. The fourth-order valence-electron chi connectivity index (χ4n) is 2.43. The third kappa shape index (κ3) is 2.63. The van der Waals surface area contributed by atoms with Crippen LogP contribution < -0.4 is 5.73 Å². The standard InChI is InChI=1S/C13H17BrN2O/c1-2-12-4-3-5-16(12)13(17)9-6-10(14)8-11(15)7-9/h6-8,12H,2-5,15H2,1H3. The zero-order valence-corrected chi connectivity index (χ0v) is 11.5. The van der Waals surface area contributed by atoms with Crippen molar-refractivity contribution in [3.05, 3.63) is 28.2 Å². The van der Waals surface area contributed by atoms with Gasteiger partial charge in [-0.25, -0.2) is 0 Å². The van der Waals surface area contributed by atoms with Crippen LogP contribution in [0.15, 0.2) is 22.7 Å². The van der Waals surface area contributed by atoms with Gasteiger partial charge in [-0.05, 0) is 37.5 Å². The van der Waals surface area contributed by atoms with Gasteiger partial charge in [-0.2, -0.15) is 0 Å². The van der Waals surface area contributed by atoms with Crippen molar-refractivity contribution in [1.82, 2.24) is 4.90 Å². The molecular formula is C13H17BrN2O. The van der Waals surface area contributed by atoms with Crippen molar-refractivity contribution in [3.63, 3.8) is 0 Å². The Morgan fingerprint density at radius 2 is 2.29 bits per heavy atom. The molecule has 1 aliphatic rings. The molecule has 4 heteroatoms. The molecule has 92 valence electrons. The van der Waals surface area contributed by atoms with Crippen molar-refractivity contribution in [3.8, 4) is 0 Å². The first-order valence-corrected chi connectivity index (χ1v) is 6.78. The Bertz CT molecular complexity index is 413. The predicted molar refractivity (Wildman–Crippen MR) is 72.9 cm³/mol. The highest BCUT2D eigenvalue weighted by Gasteiger charge is 2.28. The second-order valence-electron chi connectivity index (χ2n) is 4.48. The molecule has 0 spiro atoms. The summed E-state index contributed by atoms with van der Waals surface area (Å²) in [5, 5.41) is 0. The SMILES string of the molecule is CCC1CCCN1C(=O)c1cc(N)cc(Br)c1. The van der Waals surface area contributed by atoms with E-state index in [2.05, 4.69) is 22.9 Å². The second kappa shape index (κ2) is 5.08. The molecule has 1 aliphatic heterocycles. The lowest BCUT2D eigenvalue weighted by atomic mass is 10.1. The second-order valence-corrected chi connectivity index (χ2v) is 5.39. The smallest absolute Gasteiger partial charge is 0.254 e. The molecule has 1 amide bonds. The quantitative estimate of drug-likeness (QED) is 0.853. The third-order valence-electron chi connectivity index (χ3n) is 3.28. The summed E-state index contributed by atoms with van der Waals surface area (Å²) in [5.41, 5.74) is 7.06. The maximum absolute atomic E-state index is 12.4. The minimum Gasteiger partial charge on any atom is -0.399 e. The number of hydrogen-bond donors (Lipinski definition) is 1. The van der Waals surface area contributed by atoms with E-state index in [4.69, 9.17) is 5.73 Å². The van der Waals surface area contributed by atoms with Crippen LogP contribution >= 0.6 is 15.9 Å². The fourth-order valence-corrected chi connectivity index (χ4v) is 2.94. The molecule has 1 unspecified atom stereocenters. The van der Waals surface area contributed by atoms with E-state index in [0.29, 0.717) is 17.3 Å². The number of hydrogen-bond acceptors (Lipinski definition) is 2. The Labute approximate surface area is 110 Å². The first-order chi connectivity index (χ1) is 8.11. The maximum Gasteiger partial charge on any atom is 0.254 e. The van der Waals surface area contributed by atoms with Crippen molar-refractivity contribution >= 4 is 27.5 Å². The van der Waals surface area contributed by atoms with Crippen LogP contribution in [0.2, 0.25) is 0 Å². The van der Waals surface area contributed by atoms with Crippen LogP contribution in [0, 0.1) is 0 Å². The summed E-state index contributed by atoms with van der Waals surface area (Å²) in [5.74, 6) is 0.0994. The normalized spacial score (nSPS) is 19.6. The molecule has 0 aromatic heterocycles. The number of nitrogen functional groups attached to an aromatic ring is 1. The van der Waals surface area contributed by atoms with E-state index in [0.717, 1.165) is 30.3 Å². The molecule has 1 heterocycles. The number of amides is 1. The molecule has 1 atom stereocenters. The molecule has 1 fully saturated rings. The van der Waals surface area contributed by atoms with E-state index in [1.165, 1.54) is 0 Å². The summed E-state index contributed by atoms with van der Waals surface area (Å²) in [6, 6.07) is 5.78. The Hall–Kier alpha value is -1.03. The molecule has 0 bridgehead atoms. The Morgan fingerprint density at radius 3 is 2.94 bits per heavy atom. The maximum atomic E-state index is 12.4. The first-order valence-electron chi connectivity index (χ1n) is 5.99. The zero-order chi connectivity index (χ0) is 12.4. The van der Waals surface area contributed by atoms with Gasteiger partial charge in [0, 0.05) is 28.3 Å². The van der Waals surface area contributed by atoms with Crippen LogP contribution in [0.4, 0.5) is 5.69 Å². The van der Waals surface area contributed by atoms with Crippen molar-refractivity contribution in [2.24, 2.45) is 0 Å². The zero-order valence-electron chi connectivity index (χ0n) is 9.95. The summed E-state index contributed by atoms with van der Waals surface area (Å²) in [7, 11) is 0. The van der Waals surface area contributed by atoms with E-state index >= 15 is 0 Å². The lowest BCUT2D eigenvalue weighted by molar-refractivity contribution is 0.0733. The lowest BCUT2D eigenvalue weighted by Gasteiger charge is -2.23. The van der Waals surface area contributed by atoms with Gasteiger partial charge in [0.1, 0.15) is 0 Å².